The van der Waals surface area contributed by atoms with Crippen molar-refractivity contribution in [2.45, 2.75) is 51.4 Å². The minimum Gasteiger partial charge on any atom is -0.485 e. The van der Waals surface area contributed by atoms with Crippen molar-refractivity contribution in [1.82, 2.24) is 0 Å². The van der Waals surface area contributed by atoms with E-state index in [1.165, 1.54) is 19.5 Å². The Hall–Kier alpha value is -1.70. The molecular weight excluding hydrogens is 448 g/mol. The first kappa shape index (κ1) is 21.2. The number of hydrogen-bond acceptors (Lipinski definition) is 7. The van der Waals surface area contributed by atoms with Gasteiger partial charge in [0.25, 0.3) is 0 Å². The van der Waals surface area contributed by atoms with Gasteiger partial charge in [-0.15, -0.1) is 34.0 Å². The molecule has 31 heavy (non-hydrogen) atoms. The van der Waals surface area contributed by atoms with E-state index in [0.717, 1.165) is 35.8 Å². The van der Waals surface area contributed by atoms with Crippen LogP contribution in [-0.4, -0.2) is 26.4 Å². The summed E-state index contributed by atoms with van der Waals surface area (Å²) in [5.41, 5.74) is -0.212. The summed E-state index contributed by atoms with van der Waals surface area (Å²) in [6, 6.07) is 4.62. The molecule has 5 heterocycles. The normalized spacial score (nSPS) is 19.0. The van der Waals surface area contributed by atoms with Crippen molar-refractivity contribution in [1.29, 1.82) is 0 Å². The van der Waals surface area contributed by atoms with E-state index in [9.17, 15) is 0 Å². The molecule has 7 heteroatoms. The van der Waals surface area contributed by atoms with E-state index in [2.05, 4.69) is 50.6 Å². The molecule has 0 N–H and O–H groups in total. The van der Waals surface area contributed by atoms with Gasteiger partial charge in [-0.25, -0.2) is 0 Å². The van der Waals surface area contributed by atoms with Gasteiger partial charge in [0, 0.05) is 31.3 Å². The topological polar surface area (TPSA) is 36.9 Å². The molecule has 4 nitrogen and oxygen atoms in total. The van der Waals surface area contributed by atoms with Crippen molar-refractivity contribution in [3.8, 4) is 23.0 Å². The molecule has 2 atom stereocenters. The van der Waals surface area contributed by atoms with E-state index in [-0.39, 0.29) is 10.8 Å². The lowest BCUT2D eigenvalue weighted by molar-refractivity contribution is 0.170. The van der Waals surface area contributed by atoms with Crippen LogP contribution in [0.15, 0.2) is 22.9 Å². The average molecular weight is 477 g/mol. The third-order valence-corrected chi connectivity index (χ3v) is 10.7. The van der Waals surface area contributed by atoms with Gasteiger partial charge < -0.3 is 18.9 Å². The zero-order valence-corrected chi connectivity index (χ0v) is 20.9. The molecule has 0 radical (unpaired) electrons. The zero-order chi connectivity index (χ0) is 21.6. The molecular formula is C24H28O4S3. The lowest BCUT2D eigenvalue weighted by Crippen LogP contribution is -2.24. The Morgan fingerprint density at radius 3 is 1.55 bits per heavy atom. The monoisotopic (exact) mass is 476 g/mol. The summed E-state index contributed by atoms with van der Waals surface area (Å²) in [7, 11) is 0. The highest BCUT2D eigenvalue weighted by Crippen LogP contribution is 2.54. The molecule has 5 rings (SSSR count). The van der Waals surface area contributed by atoms with Crippen molar-refractivity contribution in [2.24, 2.45) is 0 Å². The molecule has 0 amide bonds. The average Bonchev–Trinajstić information content (AvgIpc) is 3.56. The predicted molar refractivity (Wildman–Crippen MR) is 128 cm³/mol. The van der Waals surface area contributed by atoms with Gasteiger partial charge in [-0.05, 0) is 38.8 Å². The Morgan fingerprint density at radius 2 is 1.13 bits per heavy atom. The maximum atomic E-state index is 6.04. The summed E-state index contributed by atoms with van der Waals surface area (Å²) < 4.78 is 23.7. The smallest absolute Gasteiger partial charge is 0.176 e. The van der Waals surface area contributed by atoms with Crippen LogP contribution in [0.4, 0.5) is 0 Å². The second-order valence-electron chi connectivity index (χ2n) is 8.45. The number of hydrogen-bond donors (Lipinski definition) is 0. The molecule has 0 bridgehead atoms. The largest absolute Gasteiger partial charge is 0.485 e. The molecule has 0 aliphatic carbocycles. The van der Waals surface area contributed by atoms with Crippen molar-refractivity contribution < 1.29 is 18.9 Å². The fourth-order valence-electron chi connectivity index (χ4n) is 4.31. The lowest BCUT2D eigenvalue weighted by Gasteiger charge is -2.30. The third kappa shape index (κ3) is 3.28. The Bertz CT molecular complexity index is 998. The van der Waals surface area contributed by atoms with E-state index in [0.29, 0.717) is 26.4 Å². The number of fused-ring (bicyclic) bond motifs is 2. The minimum atomic E-state index is -0.106. The molecule has 0 saturated heterocycles. The maximum Gasteiger partial charge on any atom is 0.176 e. The van der Waals surface area contributed by atoms with Crippen molar-refractivity contribution in [3.05, 3.63) is 42.4 Å². The Kier molecular flexibility index (Phi) is 5.47. The highest BCUT2D eigenvalue weighted by Gasteiger charge is 2.40. The second-order valence-corrected chi connectivity index (χ2v) is 11.3. The molecule has 2 aliphatic heterocycles. The highest BCUT2D eigenvalue weighted by molar-refractivity contribution is 7.14. The number of rotatable bonds is 6. The first-order valence-electron chi connectivity index (χ1n) is 10.9. The van der Waals surface area contributed by atoms with Crippen LogP contribution < -0.4 is 18.9 Å². The van der Waals surface area contributed by atoms with Crippen LogP contribution in [0.5, 0.6) is 23.0 Å². The highest BCUT2D eigenvalue weighted by atomic mass is 32.1. The molecule has 0 saturated carbocycles. The van der Waals surface area contributed by atoms with E-state index in [1.807, 2.05) is 11.3 Å². The Morgan fingerprint density at radius 1 is 0.710 bits per heavy atom. The van der Waals surface area contributed by atoms with Gasteiger partial charge in [-0.1, -0.05) is 13.8 Å². The Balaban J connectivity index is 1.55. The van der Waals surface area contributed by atoms with Gasteiger partial charge in [0.1, 0.15) is 26.4 Å². The summed E-state index contributed by atoms with van der Waals surface area (Å²) in [4.78, 5) is 5.26. The summed E-state index contributed by atoms with van der Waals surface area (Å²) in [6.45, 7) is 11.7. The first-order valence-corrected chi connectivity index (χ1v) is 13.4. The zero-order valence-electron chi connectivity index (χ0n) is 18.4. The minimum absolute atomic E-state index is 0.106. The van der Waals surface area contributed by atoms with Gasteiger partial charge >= 0.3 is 0 Å². The van der Waals surface area contributed by atoms with Gasteiger partial charge in [-0.2, -0.15) is 0 Å². The SMILES string of the molecule is CCC(C)(c1ccc(C(C)(CC)c2scc3c2OCCO3)s1)c1scc2c1OCCO2. The molecule has 0 fully saturated rings. The summed E-state index contributed by atoms with van der Waals surface area (Å²) in [5, 5.41) is 4.19. The fraction of sp³-hybridized carbons (Fsp3) is 0.500. The molecule has 166 valence electrons. The lowest BCUT2D eigenvalue weighted by atomic mass is 9.82. The second kappa shape index (κ2) is 8.01. The number of thiophene rings is 3. The number of ether oxygens (including phenoxy) is 4. The van der Waals surface area contributed by atoms with Gasteiger partial charge in [0.2, 0.25) is 0 Å². The van der Waals surface area contributed by atoms with Gasteiger partial charge in [-0.3, -0.25) is 0 Å². The molecule has 2 aliphatic rings. The summed E-state index contributed by atoms with van der Waals surface area (Å²) in [5.74, 6) is 3.66. The van der Waals surface area contributed by atoms with E-state index >= 15 is 0 Å². The molecule has 0 spiro atoms. The first-order chi connectivity index (χ1) is 15.0. The van der Waals surface area contributed by atoms with Crippen LogP contribution in [0.2, 0.25) is 0 Å². The quantitative estimate of drug-likeness (QED) is 0.390. The summed E-state index contributed by atoms with van der Waals surface area (Å²) in [6.07, 6.45) is 1.99. The van der Waals surface area contributed by atoms with Crippen LogP contribution in [-0.2, 0) is 10.8 Å². The third-order valence-electron chi connectivity index (χ3n) is 6.71. The van der Waals surface area contributed by atoms with E-state index < -0.39 is 0 Å². The molecule has 0 aromatic carbocycles. The van der Waals surface area contributed by atoms with Crippen molar-refractivity contribution in [2.75, 3.05) is 26.4 Å². The van der Waals surface area contributed by atoms with Crippen molar-refractivity contribution in [3.63, 3.8) is 0 Å². The van der Waals surface area contributed by atoms with Crippen LogP contribution in [0, 0.1) is 0 Å². The van der Waals surface area contributed by atoms with Crippen molar-refractivity contribution >= 4 is 34.0 Å². The van der Waals surface area contributed by atoms with Crippen LogP contribution in [0.3, 0.4) is 0 Å². The molecule has 3 aromatic heterocycles. The predicted octanol–water partition coefficient (Wildman–Crippen LogP) is 6.85. The standard InChI is InChI=1S/C24H28O4S3/c1-5-23(3,21-19-15(13-29-21)25-9-11-27-19)17-7-8-18(31-17)24(4,6-2)22-20-16(14-30-22)26-10-12-28-20/h7-8,13-14H,5-6,9-12H2,1-4H3. The van der Waals surface area contributed by atoms with Crippen LogP contribution in [0.1, 0.15) is 60.0 Å². The maximum absolute atomic E-state index is 6.04. The Labute approximate surface area is 195 Å². The van der Waals surface area contributed by atoms with Crippen LogP contribution >= 0.6 is 34.0 Å². The van der Waals surface area contributed by atoms with E-state index in [4.69, 9.17) is 18.9 Å². The van der Waals surface area contributed by atoms with E-state index in [1.54, 1.807) is 22.7 Å². The molecule has 3 aromatic rings. The van der Waals surface area contributed by atoms with Gasteiger partial charge in [0.05, 0.1) is 9.75 Å². The molecule has 2 unspecified atom stereocenters. The van der Waals surface area contributed by atoms with Crippen LogP contribution in [0.25, 0.3) is 0 Å². The summed E-state index contributed by atoms with van der Waals surface area (Å²) >= 11 is 5.42. The van der Waals surface area contributed by atoms with Gasteiger partial charge in [0.15, 0.2) is 23.0 Å². The fourth-order valence-corrected chi connectivity index (χ4v) is 8.26.